The van der Waals surface area contributed by atoms with E-state index in [1.807, 2.05) is 13.8 Å². The Morgan fingerprint density at radius 2 is 2.26 bits per heavy atom. The molecule has 0 saturated heterocycles. The van der Waals surface area contributed by atoms with Crippen molar-refractivity contribution in [2.24, 2.45) is 0 Å². The van der Waals surface area contributed by atoms with E-state index in [1.165, 1.54) is 12.3 Å². The minimum Gasteiger partial charge on any atom is -0.481 e. The van der Waals surface area contributed by atoms with E-state index in [4.69, 9.17) is 9.84 Å². The molecule has 1 atom stereocenters. The fraction of sp³-hybridized carbons (Fsp3) is 0.462. The highest BCUT2D eigenvalue weighted by molar-refractivity contribution is 5.88. The first-order valence-corrected chi connectivity index (χ1v) is 6.15. The van der Waals surface area contributed by atoms with Crippen LogP contribution in [0.25, 0.3) is 0 Å². The molecule has 0 aliphatic carbocycles. The van der Waals surface area contributed by atoms with E-state index in [9.17, 15) is 9.59 Å². The third-order valence-electron chi connectivity index (χ3n) is 2.46. The van der Waals surface area contributed by atoms with Crippen LogP contribution >= 0.6 is 0 Å². The predicted molar refractivity (Wildman–Crippen MR) is 69.2 cm³/mol. The van der Waals surface area contributed by atoms with Crippen molar-refractivity contribution in [1.82, 2.24) is 10.3 Å². The second-order valence-corrected chi connectivity index (χ2v) is 4.20. The van der Waals surface area contributed by atoms with Crippen molar-refractivity contribution in [3.8, 4) is 5.75 Å². The van der Waals surface area contributed by atoms with Crippen LogP contribution in [0.1, 0.15) is 37.2 Å². The van der Waals surface area contributed by atoms with Crippen molar-refractivity contribution >= 4 is 11.9 Å². The average Bonchev–Trinajstić information content (AvgIpc) is 2.36. The Hall–Kier alpha value is -2.11. The Kier molecular flexibility index (Phi) is 5.78. The van der Waals surface area contributed by atoms with E-state index in [2.05, 4.69) is 10.3 Å². The van der Waals surface area contributed by atoms with Crippen LogP contribution in [-0.2, 0) is 4.79 Å². The molecule has 2 N–H and O–H groups in total. The van der Waals surface area contributed by atoms with Crippen LogP contribution in [-0.4, -0.2) is 34.6 Å². The van der Waals surface area contributed by atoms with Crippen LogP contribution in [0.4, 0.5) is 0 Å². The summed E-state index contributed by atoms with van der Waals surface area (Å²) in [6.07, 6.45) is 3.23. The Bertz CT molecular complexity index is 448. The molecule has 1 rings (SSSR count). The Morgan fingerprint density at radius 1 is 1.53 bits per heavy atom. The Balaban J connectivity index is 2.53. The number of carbonyl (C=O) groups is 2. The molecule has 0 fully saturated rings. The standard InChI is InChI=1S/C13H18N2O4/c1-3-5-9(2)15-11(16)8-19-10-6-4-7-14-12(10)13(17)18/h4,6-7,9H,3,5,8H2,1-2H3,(H,15,16)(H,17,18). The van der Waals surface area contributed by atoms with E-state index in [1.54, 1.807) is 6.07 Å². The van der Waals surface area contributed by atoms with Gasteiger partial charge in [0.05, 0.1) is 0 Å². The lowest BCUT2D eigenvalue weighted by molar-refractivity contribution is -0.123. The molecule has 0 aromatic carbocycles. The number of pyridine rings is 1. The molecular weight excluding hydrogens is 248 g/mol. The molecule has 1 unspecified atom stereocenters. The molecule has 1 aromatic rings. The Morgan fingerprint density at radius 3 is 2.89 bits per heavy atom. The van der Waals surface area contributed by atoms with Crippen molar-refractivity contribution in [2.75, 3.05) is 6.61 Å². The maximum absolute atomic E-state index is 11.6. The monoisotopic (exact) mass is 266 g/mol. The van der Waals surface area contributed by atoms with Gasteiger partial charge < -0.3 is 15.2 Å². The van der Waals surface area contributed by atoms with E-state index >= 15 is 0 Å². The first-order valence-electron chi connectivity index (χ1n) is 6.15. The number of amides is 1. The molecule has 0 spiro atoms. The van der Waals surface area contributed by atoms with Crippen molar-refractivity contribution in [1.29, 1.82) is 0 Å². The molecule has 104 valence electrons. The van der Waals surface area contributed by atoms with Gasteiger partial charge in [-0.1, -0.05) is 13.3 Å². The van der Waals surface area contributed by atoms with Crippen LogP contribution in [0.15, 0.2) is 18.3 Å². The molecule has 0 aliphatic rings. The van der Waals surface area contributed by atoms with Gasteiger partial charge in [0.15, 0.2) is 18.1 Å². The summed E-state index contributed by atoms with van der Waals surface area (Å²) in [6.45, 7) is 3.72. The van der Waals surface area contributed by atoms with Gasteiger partial charge >= 0.3 is 5.97 Å². The summed E-state index contributed by atoms with van der Waals surface area (Å²) in [5.41, 5.74) is -0.197. The van der Waals surface area contributed by atoms with E-state index in [0.717, 1.165) is 12.8 Å². The van der Waals surface area contributed by atoms with Gasteiger partial charge in [0.1, 0.15) is 0 Å². The van der Waals surface area contributed by atoms with Crippen LogP contribution < -0.4 is 10.1 Å². The molecule has 0 bridgehead atoms. The highest BCUT2D eigenvalue weighted by atomic mass is 16.5. The zero-order valence-electron chi connectivity index (χ0n) is 11.0. The molecule has 1 amide bonds. The van der Waals surface area contributed by atoms with Gasteiger partial charge in [0, 0.05) is 12.2 Å². The van der Waals surface area contributed by atoms with Crippen molar-refractivity contribution in [2.45, 2.75) is 32.7 Å². The van der Waals surface area contributed by atoms with Gasteiger partial charge in [-0.3, -0.25) is 4.79 Å². The molecule has 0 saturated carbocycles. The van der Waals surface area contributed by atoms with Gasteiger partial charge in [-0.05, 0) is 25.5 Å². The number of aromatic nitrogens is 1. The molecule has 1 heterocycles. The number of nitrogens with one attached hydrogen (secondary N) is 1. The molecular formula is C13H18N2O4. The maximum Gasteiger partial charge on any atom is 0.358 e. The van der Waals surface area contributed by atoms with Gasteiger partial charge in [-0.25, -0.2) is 9.78 Å². The van der Waals surface area contributed by atoms with Crippen molar-refractivity contribution in [3.63, 3.8) is 0 Å². The lowest BCUT2D eigenvalue weighted by Crippen LogP contribution is -2.36. The first kappa shape index (κ1) is 14.9. The highest BCUT2D eigenvalue weighted by Gasteiger charge is 2.14. The number of nitrogens with zero attached hydrogens (tertiary/aromatic N) is 1. The molecule has 19 heavy (non-hydrogen) atoms. The van der Waals surface area contributed by atoms with Gasteiger partial charge in [-0.15, -0.1) is 0 Å². The average molecular weight is 266 g/mol. The molecule has 1 aromatic heterocycles. The molecule has 6 heteroatoms. The van der Waals surface area contributed by atoms with E-state index < -0.39 is 5.97 Å². The summed E-state index contributed by atoms with van der Waals surface area (Å²) < 4.78 is 5.18. The van der Waals surface area contributed by atoms with E-state index in [-0.39, 0.29) is 30.0 Å². The van der Waals surface area contributed by atoms with Gasteiger partial charge in [0.2, 0.25) is 0 Å². The number of aromatic carboxylic acids is 1. The largest absolute Gasteiger partial charge is 0.481 e. The second kappa shape index (κ2) is 7.35. The quantitative estimate of drug-likeness (QED) is 0.780. The summed E-state index contributed by atoms with van der Waals surface area (Å²) in [7, 11) is 0. The number of hydrogen-bond acceptors (Lipinski definition) is 4. The van der Waals surface area contributed by atoms with Crippen LogP contribution in [0.2, 0.25) is 0 Å². The number of rotatable bonds is 7. The smallest absolute Gasteiger partial charge is 0.358 e. The molecule has 0 radical (unpaired) electrons. The van der Waals surface area contributed by atoms with E-state index in [0.29, 0.717) is 0 Å². The summed E-state index contributed by atoms with van der Waals surface area (Å²) in [6, 6.07) is 3.10. The number of ether oxygens (including phenoxy) is 1. The number of carbonyl (C=O) groups excluding carboxylic acids is 1. The number of carboxylic acids is 1. The van der Waals surface area contributed by atoms with Crippen molar-refractivity contribution < 1.29 is 19.4 Å². The van der Waals surface area contributed by atoms with Crippen LogP contribution in [0.3, 0.4) is 0 Å². The first-order chi connectivity index (χ1) is 9.04. The zero-order chi connectivity index (χ0) is 14.3. The summed E-state index contributed by atoms with van der Waals surface area (Å²) in [5, 5.41) is 11.7. The summed E-state index contributed by atoms with van der Waals surface area (Å²) in [5.74, 6) is -1.37. The SMILES string of the molecule is CCCC(C)NC(=O)COc1cccnc1C(=O)O. The number of hydrogen-bond donors (Lipinski definition) is 2. The topological polar surface area (TPSA) is 88.5 Å². The number of carboxylic acid groups (broad SMARTS) is 1. The van der Waals surface area contributed by atoms with Crippen LogP contribution in [0, 0.1) is 0 Å². The third kappa shape index (κ3) is 4.95. The van der Waals surface area contributed by atoms with Crippen LogP contribution in [0.5, 0.6) is 5.75 Å². The molecule has 6 nitrogen and oxygen atoms in total. The lowest BCUT2D eigenvalue weighted by Gasteiger charge is -2.13. The fourth-order valence-electron chi connectivity index (χ4n) is 1.63. The summed E-state index contributed by atoms with van der Waals surface area (Å²) in [4.78, 5) is 26.2. The fourth-order valence-corrected chi connectivity index (χ4v) is 1.63. The minimum absolute atomic E-state index is 0.0777. The summed E-state index contributed by atoms with van der Waals surface area (Å²) >= 11 is 0. The highest BCUT2D eigenvalue weighted by Crippen LogP contribution is 2.14. The van der Waals surface area contributed by atoms with Gasteiger partial charge in [0.25, 0.3) is 5.91 Å². The lowest BCUT2D eigenvalue weighted by atomic mass is 10.2. The minimum atomic E-state index is -1.18. The van der Waals surface area contributed by atoms with Gasteiger partial charge in [-0.2, -0.15) is 0 Å². The second-order valence-electron chi connectivity index (χ2n) is 4.20. The maximum atomic E-state index is 11.6. The van der Waals surface area contributed by atoms with Crippen molar-refractivity contribution in [3.05, 3.63) is 24.0 Å². The Labute approximate surface area is 111 Å². The molecule has 0 aliphatic heterocycles. The third-order valence-corrected chi connectivity index (χ3v) is 2.46. The normalized spacial score (nSPS) is 11.7. The zero-order valence-corrected chi connectivity index (χ0v) is 11.0. The predicted octanol–water partition coefficient (Wildman–Crippen LogP) is 1.46.